The number of aromatic nitrogens is 2. The van der Waals surface area contributed by atoms with Gasteiger partial charge in [-0.2, -0.15) is 0 Å². The van der Waals surface area contributed by atoms with Crippen molar-refractivity contribution >= 4 is 17.3 Å². The van der Waals surface area contributed by atoms with Gasteiger partial charge in [0, 0.05) is 25.5 Å². The summed E-state index contributed by atoms with van der Waals surface area (Å²) < 4.78 is 1.92. The molecule has 0 fully saturated rings. The molecule has 0 amide bonds. The van der Waals surface area contributed by atoms with Gasteiger partial charge in [-0.05, 0) is 25.1 Å². The van der Waals surface area contributed by atoms with Crippen LogP contribution in [-0.2, 0) is 0 Å². The van der Waals surface area contributed by atoms with Crippen molar-refractivity contribution in [3.05, 3.63) is 18.7 Å². The molecule has 1 aromatic heterocycles. The van der Waals surface area contributed by atoms with Crippen molar-refractivity contribution in [3.8, 4) is 0 Å². The maximum absolute atomic E-state index is 5.47. The Labute approximate surface area is 117 Å². The van der Waals surface area contributed by atoms with E-state index in [2.05, 4.69) is 23.7 Å². The summed E-state index contributed by atoms with van der Waals surface area (Å²) in [5.74, 6) is 0. The smallest absolute Gasteiger partial charge is 0.181 e. The lowest BCUT2D eigenvalue weighted by Gasteiger charge is -2.25. The molecular formula is C14H27N3S. The quantitative estimate of drug-likeness (QED) is 0.730. The maximum Gasteiger partial charge on any atom is 0.181 e. The Morgan fingerprint density at radius 2 is 1.72 bits per heavy atom. The second-order valence-corrected chi connectivity index (χ2v) is 4.31. The van der Waals surface area contributed by atoms with Crippen LogP contribution in [-0.4, -0.2) is 32.7 Å². The zero-order valence-corrected chi connectivity index (χ0v) is 13.0. The lowest BCUT2D eigenvalue weighted by Crippen LogP contribution is -2.35. The Kier molecular flexibility index (Phi) is 10.6. The average molecular weight is 269 g/mol. The van der Waals surface area contributed by atoms with Gasteiger partial charge in [0.15, 0.2) is 5.11 Å². The molecule has 1 heterocycles. The van der Waals surface area contributed by atoms with Crippen molar-refractivity contribution in [1.29, 1.82) is 0 Å². The monoisotopic (exact) mass is 269 g/mol. The summed E-state index contributed by atoms with van der Waals surface area (Å²) >= 11 is 5.47. The summed E-state index contributed by atoms with van der Waals surface area (Å²) in [6, 6.07) is 0. The second kappa shape index (κ2) is 11.2. The van der Waals surface area contributed by atoms with Gasteiger partial charge < -0.3 is 4.90 Å². The van der Waals surface area contributed by atoms with E-state index in [9.17, 15) is 0 Å². The molecule has 18 heavy (non-hydrogen) atoms. The third-order valence-corrected chi connectivity index (χ3v) is 3.03. The topological polar surface area (TPSA) is 21.1 Å². The van der Waals surface area contributed by atoms with Gasteiger partial charge in [-0.15, -0.1) is 0 Å². The Hall–Kier alpha value is -0.900. The first-order valence-electron chi connectivity index (χ1n) is 7.06. The molecule has 1 aromatic rings. The second-order valence-electron chi connectivity index (χ2n) is 3.95. The zero-order valence-electron chi connectivity index (χ0n) is 12.2. The highest BCUT2D eigenvalue weighted by molar-refractivity contribution is 7.80. The van der Waals surface area contributed by atoms with E-state index in [1.165, 1.54) is 25.7 Å². The molecule has 4 heteroatoms. The van der Waals surface area contributed by atoms with Gasteiger partial charge in [-0.1, -0.05) is 40.5 Å². The minimum atomic E-state index is 0.874. The Morgan fingerprint density at radius 3 is 2.11 bits per heavy atom. The van der Waals surface area contributed by atoms with Gasteiger partial charge in [-0.25, -0.2) is 4.98 Å². The lowest BCUT2D eigenvalue weighted by atomic mass is 10.3. The fourth-order valence-electron chi connectivity index (χ4n) is 1.54. The van der Waals surface area contributed by atoms with Crippen LogP contribution in [0.25, 0.3) is 0 Å². The fraction of sp³-hybridized carbons (Fsp3) is 0.714. The molecule has 0 aliphatic heterocycles. The Balaban J connectivity index is 0.00000137. The van der Waals surface area contributed by atoms with Gasteiger partial charge in [0.1, 0.15) is 6.33 Å². The first-order valence-corrected chi connectivity index (χ1v) is 7.47. The number of thiocarbonyl (C=S) groups is 1. The van der Waals surface area contributed by atoms with E-state index in [4.69, 9.17) is 12.2 Å². The summed E-state index contributed by atoms with van der Waals surface area (Å²) in [7, 11) is 0. The average Bonchev–Trinajstić information content (AvgIpc) is 2.94. The molecule has 3 nitrogen and oxygen atoms in total. The number of unbranched alkanes of at least 4 members (excludes halogenated alkanes) is 2. The van der Waals surface area contributed by atoms with E-state index in [-0.39, 0.29) is 0 Å². The van der Waals surface area contributed by atoms with E-state index in [1.54, 1.807) is 12.5 Å². The molecule has 0 bridgehead atoms. The number of hydrogen-bond donors (Lipinski definition) is 0. The SMILES string of the molecule is CC.CCCCN(CCCC)C(=S)n1ccnc1. The maximum atomic E-state index is 5.47. The number of hydrogen-bond acceptors (Lipinski definition) is 2. The van der Waals surface area contributed by atoms with Crippen LogP contribution >= 0.6 is 12.2 Å². The summed E-state index contributed by atoms with van der Waals surface area (Å²) in [4.78, 5) is 6.32. The van der Waals surface area contributed by atoms with Crippen LogP contribution in [0.4, 0.5) is 0 Å². The fourth-order valence-corrected chi connectivity index (χ4v) is 1.83. The molecule has 0 saturated heterocycles. The predicted octanol–water partition coefficient (Wildman–Crippen LogP) is 3.94. The minimum absolute atomic E-state index is 0.874. The summed E-state index contributed by atoms with van der Waals surface area (Å²) in [5.41, 5.74) is 0. The molecule has 0 spiro atoms. The first-order chi connectivity index (χ1) is 8.79. The van der Waals surface area contributed by atoms with Crippen LogP contribution in [0, 0.1) is 0 Å². The normalized spacial score (nSPS) is 9.56. The third kappa shape index (κ3) is 6.15. The molecular weight excluding hydrogens is 242 g/mol. The number of imidazole rings is 1. The van der Waals surface area contributed by atoms with Gasteiger partial charge >= 0.3 is 0 Å². The highest BCUT2D eigenvalue weighted by Gasteiger charge is 2.09. The van der Waals surface area contributed by atoms with Crippen molar-refractivity contribution in [2.75, 3.05) is 13.1 Å². The van der Waals surface area contributed by atoms with Crippen molar-refractivity contribution in [1.82, 2.24) is 14.5 Å². The van der Waals surface area contributed by atoms with Crippen LogP contribution in [0.3, 0.4) is 0 Å². The van der Waals surface area contributed by atoms with Crippen LogP contribution in [0.2, 0.25) is 0 Å². The zero-order chi connectivity index (χ0) is 13.8. The standard InChI is InChI=1S/C12H21N3S.C2H6/c1-3-5-8-14(9-6-4-2)12(16)15-10-7-13-11-15;1-2/h7,10-11H,3-6,8-9H2,1-2H3;1-2H3. The van der Waals surface area contributed by atoms with Crippen LogP contribution in [0.1, 0.15) is 53.4 Å². The molecule has 0 N–H and O–H groups in total. The third-order valence-electron chi connectivity index (χ3n) is 2.56. The summed E-state index contributed by atoms with van der Waals surface area (Å²) in [6.45, 7) is 10.5. The van der Waals surface area contributed by atoms with Crippen LogP contribution < -0.4 is 0 Å². The molecule has 0 aliphatic carbocycles. The number of nitrogens with zero attached hydrogens (tertiary/aromatic N) is 3. The van der Waals surface area contributed by atoms with E-state index in [1.807, 2.05) is 24.6 Å². The van der Waals surface area contributed by atoms with Gasteiger partial charge in [0.05, 0.1) is 0 Å². The lowest BCUT2D eigenvalue weighted by molar-refractivity contribution is 0.394. The molecule has 104 valence electrons. The summed E-state index contributed by atoms with van der Waals surface area (Å²) in [6.07, 6.45) is 10.2. The molecule has 0 aromatic carbocycles. The predicted molar refractivity (Wildman–Crippen MR) is 83.0 cm³/mol. The Morgan fingerprint density at radius 1 is 1.17 bits per heavy atom. The van der Waals surface area contributed by atoms with Crippen molar-refractivity contribution in [3.63, 3.8) is 0 Å². The Bertz CT molecular complexity index is 288. The van der Waals surface area contributed by atoms with Gasteiger partial charge in [0.25, 0.3) is 0 Å². The van der Waals surface area contributed by atoms with E-state index < -0.39 is 0 Å². The van der Waals surface area contributed by atoms with E-state index >= 15 is 0 Å². The van der Waals surface area contributed by atoms with Gasteiger partial charge in [0.2, 0.25) is 0 Å². The minimum Gasteiger partial charge on any atom is -0.349 e. The van der Waals surface area contributed by atoms with Crippen molar-refractivity contribution < 1.29 is 0 Å². The molecule has 0 atom stereocenters. The molecule has 1 rings (SSSR count). The molecule has 0 saturated carbocycles. The van der Waals surface area contributed by atoms with Crippen LogP contribution in [0.15, 0.2) is 18.7 Å². The molecule has 0 aliphatic rings. The number of rotatable bonds is 6. The van der Waals surface area contributed by atoms with E-state index in [0.29, 0.717) is 0 Å². The van der Waals surface area contributed by atoms with Crippen molar-refractivity contribution in [2.45, 2.75) is 53.4 Å². The largest absolute Gasteiger partial charge is 0.349 e. The molecule has 0 radical (unpaired) electrons. The summed E-state index contributed by atoms with van der Waals surface area (Å²) in [5, 5.41) is 0.874. The highest BCUT2D eigenvalue weighted by Crippen LogP contribution is 2.03. The molecule has 0 unspecified atom stereocenters. The van der Waals surface area contributed by atoms with Gasteiger partial charge in [-0.3, -0.25) is 4.57 Å². The van der Waals surface area contributed by atoms with E-state index in [0.717, 1.165) is 18.2 Å². The highest BCUT2D eigenvalue weighted by atomic mass is 32.1. The van der Waals surface area contributed by atoms with Crippen LogP contribution in [0.5, 0.6) is 0 Å². The van der Waals surface area contributed by atoms with Crippen molar-refractivity contribution in [2.24, 2.45) is 0 Å². The first kappa shape index (κ1) is 17.1.